The average molecular weight is 344 g/mol. The van der Waals surface area contributed by atoms with Crippen molar-refractivity contribution in [3.63, 3.8) is 0 Å². The highest BCUT2D eigenvalue weighted by Gasteiger charge is 2.27. The minimum absolute atomic E-state index is 0.104. The predicted molar refractivity (Wildman–Crippen MR) is 93.6 cm³/mol. The summed E-state index contributed by atoms with van der Waals surface area (Å²) in [6, 6.07) is 14.4. The van der Waals surface area contributed by atoms with Gasteiger partial charge in [0.1, 0.15) is 0 Å². The Labute approximate surface area is 142 Å². The highest BCUT2D eigenvalue weighted by molar-refractivity contribution is 7.89. The molecule has 1 atom stereocenters. The Morgan fingerprint density at radius 1 is 1.17 bits per heavy atom. The first-order chi connectivity index (χ1) is 11.4. The van der Waals surface area contributed by atoms with Crippen LogP contribution in [0.5, 0.6) is 0 Å². The van der Waals surface area contributed by atoms with Crippen molar-refractivity contribution >= 4 is 21.6 Å². The number of carbonyl (C=O) groups is 1. The standard InChI is InChI=1S/C18H20N2O3S/c1-13(21)20(2)16-7-9-17(10-8-16)24(22,23)19-12-15-11-14-5-3-4-6-18(14)15/h3-10,15,19H,11-12H2,1-2H3/t15-/m0/s1. The summed E-state index contributed by atoms with van der Waals surface area (Å²) in [7, 11) is -1.90. The van der Waals surface area contributed by atoms with Crippen LogP contribution in [0.2, 0.25) is 0 Å². The van der Waals surface area contributed by atoms with Gasteiger partial charge in [-0.15, -0.1) is 0 Å². The van der Waals surface area contributed by atoms with E-state index >= 15 is 0 Å². The third kappa shape index (κ3) is 3.20. The predicted octanol–water partition coefficient (Wildman–Crippen LogP) is 2.29. The number of rotatable bonds is 5. The Hall–Kier alpha value is -2.18. The van der Waals surface area contributed by atoms with Crippen LogP contribution < -0.4 is 9.62 Å². The molecule has 0 bridgehead atoms. The zero-order chi connectivity index (χ0) is 17.3. The summed E-state index contributed by atoms with van der Waals surface area (Å²) in [6.45, 7) is 1.86. The summed E-state index contributed by atoms with van der Waals surface area (Å²) in [6.07, 6.45) is 0.904. The highest BCUT2D eigenvalue weighted by atomic mass is 32.2. The molecule has 126 valence electrons. The molecule has 1 aliphatic carbocycles. The molecule has 5 nitrogen and oxygen atoms in total. The van der Waals surface area contributed by atoms with Crippen LogP contribution in [0.15, 0.2) is 53.4 Å². The maximum atomic E-state index is 12.4. The molecule has 0 aromatic heterocycles. The van der Waals surface area contributed by atoms with Crippen molar-refractivity contribution in [1.82, 2.24) is 4.72 Å². The van der Waals surface area contributed by atoms with Crippen LogP contribution in [-0.2, 0) is 21.2 Å². The van der Waals surface area contributed by atoms with Crippen molar-refractivity contribution < 1.29 is 13.2 Å². The zero-order valence-corrected chi connectivity index (χ0v) is 14.5. The molecule has 0 heterocycles. The lowest BCUT2D eigenvalue weighted by molar-refractivity contribution is -0.116. The van der Waals surface area contributed by atoms with Gasteiger partial charge in [-0.2, -0.15) is 0 Å². The molecule has 0 radical (unpaired) electrons. The molecule has 1 amide bonds. The summed E-state index contributed by atoms with van der Waals surface area (Å²) in [4.78, 5) is 13.0. The van der Waals surface area contributed by atoms with Gasteiger partial charge in [0.05, 0.1) is 4.90 Å². The smallest absolute Gasteiger partial charge is 0.240 e. The number of sulfonamides is 1. The highest BCUT2D eigenvalue weighted by Crippen LogP contribution is 2.34. The number of fused-ring (bicyclic) bond motifs is 1. The molecule has 0 saturated carbocycles. The minimum Gasteiger partial charge on any atom is -0.316 e. The van der Waals surface area contributed by atoms with E-state index < -0.39 is 10.0 Å². The lowest BCUT2D eigenvalue weighted by atomic mass is 9.78. The number of hydrogen-bond donors (Lipinski definition) is 1. The number of amides is 1. The number of benzene rings is 2. The Morgan fingerprint density at radius 2 is 1.83 bits per heavy atom. The van der Waals surface area contributed by atoms with Gasteiger partial charge >= 0.3 is 0 Å². The van der Waals surface area contributed by atoms with Crippen molar-refractivity contribution in [2.24, 2.45) is 0 Å². The van der Waals surface area contributed by atoms with E-state index in [4.69, 9.17) is 0 Å². The van der Waals surface area contributed by atoms with Crippen molar-refractivity contribution in [1.29, 1.82) is 0 Å². The fourth-order valence-corrected chi connectivity index (χ4v) is 3.95. The monoisotopic (exact) mass is 344 g/mol. The summed E-state index contributed by atoms with van der Waals surface area (Å²) < 4.78 is 27.5. The lowest BCUT2D eigenvalue weighted by Gasteiger charge is -2.30. The first-order valence-electron chi connectivity index (χ1n) is 7.80. The van der Waals surface area contributed by atoms with Gasteiger partial charge in [-0.3, -0.25) is 4.79 Å². The molecule has 1 N–H and O–H groups in total. The van der Waals surface area contributed by atoms with Gasteiger partial charge in [0.2, 0.25) is 15.9 Å². The van der Waals surface area contributed by atoms with Crippen LogP contribution in [0.3, 0.4) is 0 Å². The molecule has 0 spiro atoms. The van der Waals surface area contributed by atoms with Gasteiger partial charge < -0.3 is 4.90 Å². The first-order valence-corrected chi connectivity index (χ1v) is 9.28. The first kappa shape index (κ1) is 16.7. The van der Waals surface area contributed by atoms with E-state index in [0.717, 1.165) is 6.42 Å². The second-order valence-electron chi connectivity index (χ2n) is 6.02. The fourth-order valence-electron chi connectivity index (χ4n) is 2.87. The molecule has 3 rings (SSSR count). The van der Waals surface area contributed by atoms with Gasteiger partial charge in [-0.05, 0) is 41.8 Å². The molecule has 2 aromatic rings. The van der Waals surface area contributed by atoms with E-state index in [0.29, 0.717) is 12.2 Å². The Balaban J connectivity index is 1.67. The van der Waals surface area contributed by atoms with Crippen LogP contribution in [0.1, 0.15) is 24.0 Å². The molecular weight excluding hydrogens is 324 g/mol. The second kappa shape index (κ2) is 6.37. The maximum absolute atomic E-state index is 12.4. The van der Waals surface area contributed by atoms with Crippen molar-refractivity contribution in [2.75, 3.05) is 18.5 Å². The molecule has 2 aromatic carbocycles. The van der Waals surface area contributed by atoms with E-state index in [2.05, 4.69) is 10.8 Å². The molecule has 0 aliphatic heterocycles. The van der Waals surface area contributed by atoms with Crippen molar-refractivity contribution in [2.45, 2.75) is 24.2 Å². The number of nitrogens with one attached hydrogen (secondary N) is 1. The van der Waals surface area contributed by atoms with Crippen molar-refractivity contribution in [3.8, 4) is 0 Å². The lowest BCUT2D eigenvalue weighted by Crippen LogP contribution is -2.33. The molecular formula is C18H20N2O3S. The van der Waals surface area contributed by atoms with E-state index in [1.807, 2.05) is 18.2 Å². The second-order valence-corrected chi connectivity index (χ2v) is 7.79. The average Bonchev–Trinajstić information content (AvgIpc) is 2.55. The Morgan fingerprint density at radius 3 is 2.46 bits per heavy atom. The molecule has 1 aliphatic rings. The summed E-state index contributed by atoms with van der Waals surface area (Å²) in [5.74, 6) is 0.131. The number of anilines is 1. The van der Waals surface area contributed by atoms with Crippen molar-refractivity contribution in [3.05, 3.63) is 59.7 Å². The van der Waals surface area contributed by atoms with Crippen LogP contribution in [-0.4, -0.2) is 27.9 Å². The molecule has 0 saturated heterocycles. The normalized spacial score (nSPS) is 16.2. The third-order valence-electron chi connectivity index (χ3n) is 4.49. The summed E-state index contributed by atoms with van der Waals surface area (Å²) in [5.41, 5.74) is 3.17. The van der Waals surface area contributed by atoms with Crippen LogP contribution in [0.4, 0.5) is 5.69 Å². The number of nitrogens with zero attached hydrogens (tertiary/aromatic N) is 1. The van der Waals surface area contributed by atoms with Crippen LogP contribution in [0.25, 0.3) is 0 Å². The third-order valence-corrected chi connectivity index (χ3v) is 5.93. The molecule has 0 unspecified atom stereocenters. The quantitative estimate of drug-likeness (QED) is 0.905. The number of hydrogen-bond acceptors (Lipinski definition) is 3. The minimum atomic E-state index is -3.55. The summed E-state index contributed by atoms with van der Waals surface area (Å²) in [5, 5.41) is 0. The van der Waals surface area contributed by atoms with Gasteiger partial charge in [0.25, 0.3) is 0 Å². The van der Waals surface area contributed by atoms with Crippen LogP contribution >= 0.6 is 0 Å². The SMILES string of the molecule is CC(=O)N(C)c1ccc(S(=O)(=O)NC[C@@H]2Cc3ccccc32)cc1. The summed E-state index contributed by atoms with van der Waals surface area (Å²) >= 11 is 0. The van der Waals surface area contributed by atoms with Gasteiger partial charge in [0.15, 0.2) is 0 Å². The molecule has 0 fully saturated rings. The van der Waals surface area contributed by atoms with Crippen LogP contribution in [0, 0.1) is 0 Å². The molecule has 24 heavy (non-hydrogen) atoms. The van der Waals surface area contributed by atoms with E-state index in [9.17, 15) is 13.2 Å². The topological polar surface area (TPSA) is 66.5 Å². The largest absolute Gasteiger partial charge is 0.316 e. The van der Waals surface area contributed by atoms with E-state index in [1.54, 1.807) is 19.2 Å². The van der Waals surface area contributed by atoms with Gasteiger partial charge in [0, 0.05) is 32.1 Å². The fraction of sp³-hybridized carbons (Fsp3) is 0.278. The van der Waals surface area contributed by atoms with E-state index in [-0.39, 0.29) is 16.7 Å². The van der Waals surface area contributed by atoms with Gasteiger partial charge in [-0.25, -0.2) is 13.1 Å². The zero-order valence-electron chi connectivity index (χ0n) is 13.7. The number of carbonyl (C=O) groups excluding carboxylic acids is 1. The Kier molecular flexibility index (Phi) is 4.43. The van der Waals surface area contributed by atoms with E-state index in [1.165, 1.54) is 35.1 Å². The molecule has 6 heteroatoms. The van der Waals surface area contributed by atoms with Gasteiger partial charge in [-0.1, -0.05) is 24.3 Å². The Bertz CT molecular complexity index is 860. The maximum Gasteiger partial charge on any atom is 0.240 e.